The zero-order chi connectivity index (χ0) is 19.0. The summed E-state index contributed by atoms with van der Waals surface area (Å²) >= 11 is 0. The summed E-state index contributed by atoms with van der Waals surface area (Å²) in [7, 11) is 1.61. The lowest BCUT2D eigenvalue weighted by Gasteiger charge is -2.14. The van der Waals surface area contributed by atoms with E-state index in [9.17, 15) is 4.79 Å². The van der Waals surface area contributed by atoms with Gasteiger partial charge in [-0.3, -0.25) is 4.40 Å². The van der Waals surface area contributed by atoms with Crippen LogP contribution in [0.4, 0.5) is 5.82 Å². The number of carbonyl (C=O) groups excluding carboxylic acids is 1. The molecule has 2 aromatic heterocycles. The first-order valence-corrected chi connectivity index (χ1v) is 8.99. The molecular formula is C21H21N3O3. The van der Waals surface area contributed by atoms with Crippen LogP contribution < -0.4 is 10.5 Å². The van der Waals surface area contributed by atoms with Gasteiger partial charge in [0.2, 0.25) is 0 Å². The van der Waals surface area contributed by atoms with Crippen molar-refractivity contribution in [2.75, 3.05) is 19.5 Å². The average Bonchev–Trinajstić information content (AvgIpc) is 3.08. The van der Waals surface area contributed by atoms with Gasteiger partial charge >= 0.3 is 5.97 Å². The van der Waals surface area contributed by atoms with E-state index in [-0.39, 0.29) is 0 Å². The van der Waals surface area contributed by atoms with Crippen LogP contribution in [0.2, 0.25) is 0 Å². The number of nitrogens with two attached hydrogens (primary N) is 1. The summed E-state index contributed by atoms with van der Waals surface area (Å²) < 4.78 is 12.7. The normalized spacial score (nSPS) is 11.3. The number of imidazole rings is 1. The van der Waals surface area contributed by atoms with E-state index in [4.69, 9.17) is 20.2 Å². The van der Waals surface area contributed by atoms with Gasteiger partial charge in [0.15, 0.2) is 0 Å². The highest BCUT2D eigenvalue weighted by Gasteiger charge is 2.22. The average molecular weight is 363 g/mol. The number of fused-ring (bicyclic) bond motifs is 5. The summed E-state index contributed by atoms with van der Waals surface area (Å²) in [6.45, 7) is 2.42. The molecule has 0 saturated carbocycles. The number of ether oxygens (including phenoxy) is 2. The van der Waals surface area contributed by atoms with Crippen LogP contribution in [0.3, 0.4) is 0 Å². The molecule has 27 heavy (non-hydrogen) atoms. The fourth-order valence-corrected chi connectivity index (χ4v) is 3.35. The topological polar surface area (TPSA) is 78.9 Å². The van der Waals surface area contributed by atoms with Crippen LogP contribution >= 0.6 is 0 Å². The maximum absolute atomic E-state index is 12.8. The number of hydrogen-bond donors (Lipinski definition) is 1. The lowest BCUT2D eigenvalue weighted by Crippen LogP contribution is -2.13. The molecule has 0 aliphatic rings. The second kappa shape index (κ2) is 6.79. The number of nitrogen functional groups attached to an aromatic ring is 1. The van der Waals surface area contributed by atoms with Gasteiger partial charge in [-0.1, -0.05) is 25.5 Å². The number of carbonyl (C=O) groups is 1. The van der Waals surface area contributed by atoms with Gasteiger partial charge in [0.05, 0.1) is 24.8 Å². The molecule has 0 spiro atoms. The molecule has 0 fully saturated rings. The lowest BCUT2D eigenvalue weighted by atomic mass is 10.1. The van der Waals surface area contributed by atoms with E-state index < -0.39 is 5.97 Å². The second-order valence-electron chi connectivity index (χ2n) is 6.42. The van der Waals surface area contributed by atoms with Crippen LogP contribution in [0.25, 0.3) is 27.5 Å². The summed E-state index contributed by atoms with van der Waals surface area (Å²) in [6.07, 6.45) is 1.76. The number of anilines is 1. The minimum atomic E-state index is -0.421. The van der Waals surface area contributed by atoms with E-state index in [1.807, 2.05) is 53.8 Å². The summed E-state index contributed by atoms with van der Waals surface area (Å²) in [4.78, 5) is 17.6. The molecule has 2 aromatic carbocycles. The minimum Gasteiger partial charge on any atom is -0.497 e. The number of unbranched alkanes of at least 4 members (excludes halogenated alkanes) is 1. The second-order valence-corrected chi connectivity index (χ2v) is 6.42. The fourth-order valence-electron chi connectivity index (χ4n) is 3.35. The van der Waals surface area contributed by atoms with E-state index in [2.05, 4.69) is 0 Å². The smallest absolute Gasteiger partial charge is 0.342 e. The lowest BCUT2D eigenvalue weighted by molar-refractivity contribution is 0.0503. The molecule has 2 N–H and O–H groups in total. The van der Waals surface area contributed by atoms with Crippen molar-refractivity contribution in [2.24, 2.45) is 0 Å². The molecule has 0 bridgehead atoms. The van der Waals surface area contributed by atoms with Crippen molar-refractivity contribution in [3.63, 3.8) is 0 Å². The third-order valence-electron chi connectivity index (χ3n) is 4.73. The Balaban J connectivity index is 2.06. The Morgan fingerprint density at radius 2 is 2.00 bits per heavy atom. The Kier molecular flexibility index (Phi) is 4.32. The number of nitrogens with zero attached hydrogens (tertiary/aromatic N) is 2. The Labute approximate surface area is 156 Å². The van der Waals surface area contributed by atoms with Gasteiger partial charge in [-0.05, 0) is 36.8 Å². The molecule has 138 valence electrons. The van der Waals surface area contributed by atoms with Crippen LogP contribution in [0.1, 0.15) is 30.1 Å². The largest absolute Gasteiger partial charge is 0.497 e. The number of rotatable bonds is 5. The minimum absolute atomic E-state index is 0.331. The van der Waals surface area contributed by atoms with Gasteiger partial charge in [0.1, 0.15) is 22.8 Å². The molecule has 0 unspecified atom stereocenters. The Morgan fingerprint density at radius 1 is 1.19 bits per heavy atom. The maximum atomic E-state index is 12.8. The van der Waals surface area contributed by atoms with Gasteiger partial charge in [-0.25, -0.2) is 9.78 Å². The molecular weight excluding hydrogens is 342 g/mol. The number of esters is 1. The maximum Gasteiger partial charge on any atom is 0.342 e. The first-order valence-electron chi connectivity index (χ1n) is 8.99. The van der Waals surface area contributed by atoms with Crippen molar-refractivity contribution >= 4 is 39.2 Å². The van der Waals surface area contributed by atoms with Crippen molar-refractivity contribution in [2.45, 2.75) is 19.8 Å². The third-order valence-corrected chi connectivity index (χ3v) is 4.73. The zero-order valence-corrected chi connectivity index (χ0v) is 15.4. The summed E-state index contributed by atoms with van der Waals surface area (Å²) in [5.41, 5.74) is 9.17. The number of aromatic nitrogens is 2. The number of pyridine rings is 1. The molecule has 0 saturated heterocycles. The number of para-hydroxylation sites is 2. The predicted octanol–water partition coefficient (Wildman–Crippen LogP) is 4.19. The first kappa shape index (κ1) is 17.1. The highest BCUT2D eigenvalue weighted by Crippen LogP contribution is 2.34. The summed E-state index contributed by atoms with van der Waals surface area (Å²) in [6, 6.07) is 13.2. The predicted molar refractivity (Wildman–Crippen MR) is 106 cm³/mol. The Morgan fingerprint density at radius 3 is 2.78 bits per heavy atom. The van der Waals surface area contributed by atoms with Gasteiger partial charge < -0.3 is 15.2 Å². The summed E-state index contributed by atoms with van der Waals surface area (Å²) in [5.74, 6) is 0.597. The van der Waals surface area contributed by atoms with E-state index in [1.54, 1.807) is 7.11 Å². The van der Waals surface area contributed by atoms with Gasteiger partial charge in [-0.15, -0.1) is 0 Å². The molecule has 4 aromatic rings. The van der Waals surface area contributed by atoms with Gasteiger partial charge in [0.25, 0.3) is 0 Å². The van der Waals surface area contributed by atoms with Crippen LogP contribution in [0.15, 0.2) is 42.5 Å². The Bertz CT molecular complexity index is 1160. The fraction of sp³-hybridized carbons (Fsp3) is 0.238. The van der Waals surface area contributed by atoms with Crippen LogP contribution in [-0.4, -0.2) is 29.1 Å². The van der Waals surface area contributed by atoms with E-state index >= 15 is 0 Å². The first-order chi connectivity index (χ1) is 13.2. The monoisotopic (exact) mass is 363 g/mol. The van der Waals surface area contributed by atoms with Crippen molar-refractivity contribution in [1.82, 2.24) is 9.38 Å². The Hall–Kier alpha value is -3.28. The van der Waals surface area contributed by atoms with Crippen LogP contribution in [0, 0.1) is 0 Å². The van der Waals surface area contributed by atoms with Crippen LogP contribution in [-0.2, 0) is 4.74 Å². The molecule has 0 aliphatic carbocycles. The highest BCUT2D eigenvalue weighted by atomic mass is 16.5. The number of benzene rings is 2. The third kappa shape index (κ3) is 2.73. The molecule has 2 heterocycles. The molecule has 0 radical (unpaired) electrons. The summed E-state index contributed by atoms with van der Waals surface area (Å²) in [5, 5.41) is 1.50. The van der Waals surface area contributed by atoms with Crippen LogP contribution in [0.5, 0.6) is 5.75 Å². The standard InChI is InChI=1S/C21H21N3O3/c1-3-4-11-27-21(25)18-14-10-9-13(26-2)12-15(14)20-23-16-7-5-6-8-17(16)24(20)19(18)22/h5-10,12H,3-4,11,22H2,1-2H3. The van der Waals surface area contributed by atoms with Crippen molar-refractivity contribution in [1.29, 1.82) is 0 Å². The molecule has 0 amide bonds. The molecule has 6 nitrogen and oxygen atoms in total. The molecule has 0 atom stereocenters. The zero-order valence-electron chi connectivity index (χ0n) is 15.4. The highest BCUT2D eigenvalue weighted by molar-refractivity contribution is 6.13. The van der Waals surface area contributed by atoms with E-state index in [1.165, 1.54) is 0 Å². The van der Waals surface area contributed by atoms with Crippen molar-refractivity contribution in [3.05, 3.63) is 48.0 Å². The van der Waals surface area contributed by atoms with E-state index in [0.29, 0.717) is 34.8 Å². The van der Waals surface area contributed by atoms with Crippen molar-refractivity contribution in [3.8, 4) is 5.75 Å². The van der Waals surface area contributed by atoms with Gasteiger partial charge in [-0.2, -0.15) is 0 Å². The molecule has 6 heteroatoms. The molecule has 0 aliphatic heterocycles. The molecule has 4 rings (SSSR count). The van der Waals surface area contributed by atoms with Gasteiger partial charge in [0, 0.05) is 10.8 Å². The SMILES string of the molecule is CCCCOC(=O)c1c(N)n2c3ccccc3nc2c2cc(OC)ccc12. The van der Waals surface area contributed by atoms with Crippen molar-refractivity contribution < 1.29 is 14.3 Å². The van der Waals surface area contributed by atoms with E-state index in [0.717, 1.165) is 29.3 Å². The quantitative estimate of drug-likeness (QED) is 0.425. The number of hydrogen-bond acceptors (Lipinski definition) is 5. The number of methoxy groups -OCH3 is 1.